The van der Waals surface area contributed by atoms with Crippen LogP contribution >= 0.6 is 11.8 Å². The van der Waals surface area contributed by atoms with Gasteiger partial charge in [0.25, 0.3) is 0 Å². The molecule has 1 unspecified atom stereocenters. The summed E-state index contributed by atoms with van der Waals surface area (Å²) in [7, 11) is 1.68. The molecule has 0 aliphatic heterocycles. The smallest absolute Gasteiger partial charge is 0.167 e. The number of ether oxygens (including phenoxy) is 1. The number of imidazole rings is 1. The van der Waals surface area contributed by atoms with Crippen molar-refractivity contribution in [3.05, 3.63) is 48.3 Å². The molecule has 0 saturated carbocycles. The fraction of sp³-hybridized carbons (Fsp3) is 0.200. The maximum Gasteiger partial charge on any atom is 0.167 e. The van der Waals surface area contributed by atoms with E-state index in [1.807, 2.05) is 18.2 Å². The van der Waals surface area contributed by atoms with Gasteiger partial charge >= 0.3 is 0 Å². The number of rotatable bonds is 4. The summed E-state index contributed by atoms with van der Waals surface area (Å²) in [4.78, 5) is 11.9. The Hall–Kier alpha value is -2.01. The maximum atomic E-state index is 5.26. The predicted octanol–water partition coefficient (Wildman–Crippen LogP) is 3.82. The summed E-state index contributed by atoms with van der Waals surface area (Å²) in [5.41, 5.74) is 3.13. The van der Waals surface area contributed by atoms with Crippen LogP contribution in [-0.4, -0.2) is 22.1 Å². The largest absolute Gasteiger partial charge is 0.497 e. The van der Waals surface area contributed by atoms with E-state index < -0.39 is 0 Å². The molecule has 0 saturated heterocycles. The first-order valence-corrected chi connectivity index (χ1v) is 7.24. The van der Waals surface area contributed by atoms with Crippen molar-refractivity contribution in [2.24, 2.45) is 0 Å². The van der Waals surface area contributed by atoms with Crippen LogP contribution in [0.1, 0.15) is 17.7 Å². The van der Waals surface area contributed by atoms with Gasteiger partial charge in [-0.25, -0.2) is 4.98 Å². The third kappa shape index (κ3) is 2.63. The van der Waals surface area contributed by atoms with Crippen LogP contribution in [0.4, 0.5) is 0 Å². The number of nitrogens with one attached hydrogen (secondary N) is 1. The Labute approximate surface area is 121 Å². The van der Waals surface area contributed by atoms with Gasteiger partial charge in [-0.2, -0.15) is 0 Å². The van der Waals surface area contributed by atoms with Gasteiger partial charge in [0, 0.05) is 11.4 Å². The van der Waals surface area contributed by atoms with Crippen LogP contribution in [0.25, 0.3) is 11.0 Å². The van der Waals surface area contributed by atoms with Crippen LogP contribution in [0.3, 0.4) is 0 Å². The van der Waals surface area contributed by atoms with Crippen LogP contribution in [-0.2, 0) is 0 Å². The van der Waals surface area contributed by atoms with Gasteiger partial charge in [0.1, 0.15) is 11.3 Å². The average molecular weight is 285 g/mol. The number of benzene rings is 1. The molecule has 20 heavy (non-hydrogen) atoms. The molecular weight excluding hydrogens is 270 g/mol. The summed E-state index contributed by atoms with van der Waals surface area (Å²) >= 11 is 1.69. The summed E-state index contributed by atoms with van der Waals surface area (Å²) in [6.45, 7) is 2.16. The van der Waals surface area contributed by atoms with Crippen molar-refractivity contribution in [1.29, 1.82) is 0 Å². The zero-order valence-corrected chi connectivity index (χ0v) is 12.1. The van der Waals surface area contributed by atoms with Crippen LogP contribution < -0.4 is 4.74 Å². The summed E-state index contributed by atoms with van der Waals surface area (Å²) < 4.78 is 5.26. The Morgan fingerprint density at radius 1 is 1.30 bits per heavy atom. The van der Waals surface area contributed by atoms with Crippen LogP contribution in [0.5, 0.6) is 5.75 Å². The summed E-state index contributed by atoms with van der Waals surface area (Å²) in [5, 5.41) is 1.20. The van der Waals surface area contributed by atoms with Gasteiger partial charge in [0.15, 0.2) is 5.16 Å². The lowest BCUT2D eigenvalue weighted by Crippen LogP contribution is -1.91. The number of aromatic amines is 1. The van der Waals surface area contributed by atoms with Gasteiger partial charge in [0.2, 0.25) is 0 Å². The van der Waals surface area contributed by atoms with Crippen molar-refractivity contribution < 1.29 is 4.74 Å². The molecule has 2 heterocycles. The Morgan fingerprint density at radius 3 is 3.00 bits per heavy atom. The molecule has 1 atom stereocenters. The molecule has 0 amide bonds. The topological polar surface area (TPSA) is 50.8 Å². The first-order chi connectivity index (χ1) is 9.76. The normalized spacial score (nSPS) is 12.5. The van der Waals surface area contributed by atoms with Crippen molar-refractivity contribution in [1.82, 2.24) is 15.0 Å². The number of H-pyrrole nitrogens is 1. The standard InChI is InChI=1S/C15H15N3OS/c1-10(11-4-3-5-12(8-11)19-2)20-15-17-13-6-7-16-9-14(13)18-15/h3-10H,1-2H3,(H,17,18). The van der Waals surface area contributed by atoms with E-state index in [0.717, 1.165) is 21.9 Å². The van der Waals surface area contributed by atoms with Crippen molar-refractivity contribution >= 4 is 22.8 Å². The molecule has 0 bridgehead atoms. The second-order valence-corrected chi connectivity index (χ2v) is 5.80. The van der Waals surface area contributed by atoms with E-state index in [2.05, 4.69) is 34.0 Å². The van der Waals surface area contributed by atoms with Gasteiger partial charge in [0.05, 0.1) is 18.8 Å². The van der Waals surface area contributed by atoms with Crippen molar-refractivity contribution in [2.75, 3.05) is 7.11 Å². The van der Waals surface area contributed by atoms with Gasteiger partial charge in [-0.1, -0.05) is 23.9 Å². The van der Waals surface area contributed by atoms with E-state index >= 15 is 0 Å². The summed E-state index contributed by atoms with van der Waals surface area (Å²) in [6, 6.07) is 10.1. The van der Waals surface area contributed by atoms with E-state index in [-0.39, 0.29) is 0 Å². The minimum atomic E-state index is 0.290. The van der Waals surface area contributed by atoms with Crippen LogP contribution in [0.15, 0.2) is 47.9 Å². The molecule has 0 aliphatic rings. The lowest BCUT2D eigenvalue weighted by atomic mass is 10.1. The molecule has 3 rings (SSSR count). The molecule has 5 heteroatoms. The Morgan fingerprint density at radius 2 is 2.20 bits per heavy atom. The van der Waals surface area contributed by atoms with Gasteiger partial charge < -0.3 is 9.72 Å². The van der Waals surface area contributed by atoms with E-state index in [1.54, 1.807) is 31.3 Å². The summed E-state index contributed by atoms with van der Waals surface area (Å²) in [6.07, 6.45) is 3.53. The lowest BCUT2D eigenvalue weighted by molar-refractivity contribution is 0.414. The highest BCUT2D eigenvalue weighted by atomic mass is 32.2. The highest BCUT2D eigenvalue weighted by Crippen LogP contribution is 2.35. The number of hydrogen-bond acceptors (Lipinski definition) is 4. The molecule has 1 aromatic carbocycles. The lowest BCUT2D eigenvalue weighted by Gasteiger charge is -2.10. The molecule has 102 valence electrons. The zero-order valence-electron chi connectivity index (χ0n) is 11.3. The Balaban J connectivity index is 1.82. The molecule has 0 radical (unpaired) electrons. The minimum absolute atomic E-state index is 0.290. The van der Waals surface area contributed by atoms with Crippen molar-refractivity contribution in [3.8, 4) is 5.75 Å². The fourth-order valence-corrected chi connectivity index (χ4v) is 2.96. The minimum Gasteiger partial charge on any atom is -0.497 e. The second-order valence-electron chi connectivity index (χ2n) is 4.47. The second kappa shape index (κ2) is 5.54. The number of methoxy groups -OCH3 is 1. The molecule has 0 spiro atoms. The van der Waals surface area contributed by atoms with Crippen LogP contribution in [0.2, 0.25) is 0 Å². The molecule has 4 nitrogen and oxygen atoms in total. The fourth-order valence-electron chi connectivity index (χ4n) is 2.02. The van der Waals surface area contributed by atoms with E-state index in [0.29, 0.717) is 5.25 Å². The first-order valence-electron chi connectivity index (χ1n) is 6.36. The van der Waals surface area contributed by atoms with Crippen LogP contribution in [0, 0.1) is 0 Å². The van der Waals surface area contributed by atoms with E-state index in [9.17, 15) is 0 Å². The van der Waals surface area contributed by atoms with Gasteiger partial charge in [-0.3, -0.25) is 4.98 Å². The quantitative estimate of drug-likeness (QED) is 0.740. The van der Waals surface area contributed by atoms with Crippen molar-refractivity contribution in [3.63, 3.8) is 0 Å². The van der Waals surface area contributed by atoms with Gasteiger partial charge in [-0.15, -0.1) is 0 Å². The first kappa shape index (κ1) is 13.0. The number of thioether (sulfide) groups is 1. The molecule has 0 aliphatic carbocycles. The Bertz CT molecular complexity index is 693. The number of fused-ring (bicyclic) bond motifs is 1. The summed E-state index contributed by atoms with van der Waals surface area (Å²) in [5.74, 6) is 0.878. The zero-order chi connectivity index (χ0) is 13.9. The average Bonchev–Trinajstić information content (AvgIpc) is 2.89. The van der Waals surface area contributed by atoms with E-state index in [4.69, 9.17) is 4.74 Å². The molecule has 3 aromatic rings. The monoisotopic (exact) mass is 285 g/mol. The third-order valence-electron chi connectivity index (χ3n) is 3.12. The number of pyridine rings is 1. The highest BCUT2D eigenvalue weighted by Gasteiger charge is 2.11. The van der Waals surface area contributed by atoms with Crippen molar-refractivity contribution in [2.45, 2.75) is 17.3 Å². The Kier molecular flexibility index (Phi) is 3.60. The highest BCUT2D eigenvalue weighted by molar-refractivity contribution is 7.99. The molecule has 0 fully saturated rings. The molecule has 2 aromatic heterocycles. The number of hydrogen-bond donors (Lipinski definition) is 1. The third-order valence-corrected chi connectivity index (χ3v) is 4.16. The predicted molar refractivity (Wildman–Crippen MR) is 81.2 cm³/mol. The van der Waals surface area contributed by atoms with E-state index in [1.165, 1.54) is 5.56 Å². The number of nitrogens with zero attached hydrogens (tertiary/aromatic N) is 2. The molecule has 1 N–H and O–H groups in total. The molecular formula is C15H15N3OS. The number of aromatic nitrogens is 3. The SMILES string of the molecule is COc1cccc(C(C)Sc2nc3cnccc3[nH]2)c1. The maximum absolute atomic E-state index is 5.26. The van der Waals surface area contributed by atoms with Gasteiger partial charge in [-0.05, 0) is 30.7 Å².